The van der Waals surface area contributed by atoms with Crippen molar-refractivity contribution in [2.45, 2.75) is 19.4 Å². The summed E-state index contributed by atoms with van der Waals surface area (Å²) in [4.78, 5) is 4.26. The van der Waals surface area contributed by atoms with Gasteiger partial charge in [-0.1, -0.05) is 0 Å². The van der Waals surface area contributed by atoms with Gasteiger partial charge in [0.25, 0.3) is 0 Å². The summed E-state index contributed by atoms with van der Waals surface area (Å²) in [6.45, 7) is 1.99. The molecule has 2 heterocycles. The third kappa shape index (κ3) is 2.29. The second-order valence-electron chi connectivity index (χ2n) is 3.69. The van der Waals surface area contributed by atoms with E-state index in [1.807, 2.05) is 31.7 Å². The highest BCUT2D eigenvalue weighted by Crippen LogP contribution is 2.21. The molecule has 0 aromatic carbocycles. The van der Waals surface area contributed by atoms with Gasteiger partial charge in [0, 0.05) is 36.8 Å². The fourth-order valence-electron chi connectivity index (χ4n) is 1.75. The van der Waals surface area contributed by atoms with Gasteiger partial charge in [0.15, 0.2) is 0 Å². The van der Waals surface area contributed by atoms with Crippen LogP contribution in [0.4, 0.5) is 0 Å². The van der Waals surface area contributed by atoms with Gasteiger partial charge in [0.2, 0.25) is 0 Å². The lowest BCUT2D eigenvalue weighted by Gasteiger charge is -2.13. The van der Waals surface area contributed by atoms with E-state index in [1.165, 1.54) is 0 Å². The lowest BCUT2D eigenvalue weighted by molar-refractivity contribution is 0.548. The van der Waals surface area contributed by atoms with Crippen molar-refractivity contribution in [3.05, 3.63) is 34.0 Å². The topological polar surface area (TPSA) is 68.8 Å². The van der Waals surface area contributed by atoms with Gasteiger partial charge in [0.1, 0.15) is 0 Å². The zero-order valence-electron chi connectivity index (χ0n) is 9.34. The second-order valence-corrected chi connectivity index (χ2v) is 4.67. The summed E-state index contributed by atoms with van der Waals surface area (Å²) in [7, 11) is 1.91. The quantitative estimate of drug-likeness (QED) is 0.613. The monoisotopic (exact) mass is 237 g/mol. The van der Waals surface area contributed by atoms with Crippen molar-refractivity contribution in [1.29, 1.82) is 0 Å². The molecule has 1 atom stereocenters. The van der Waals surface area contributed by atoms with E-state index in [0.717, 1.165) is 22.7 Å². The minimum absolute atomic E-state index is 0.0693. The van der Waals surface area contributed by atoms with Crippen molar-refractivity contribution < 1.29 is 0 Å². The Morgan fingerprint density at radius 1 is 1.62 bits per heavy atom. The van der Waals surface area contributed by atoms with Gasteiger partial charge in [-0.25, -0.2) is 4.98 Å². The summed E-state index contributed by atoms with van der Waals surface area (Å²) < 4.78 is 1.80. The van der Waals surface area contributed by atoms with Crippen molar-refractivity contribution in [2.75, 3.05) is 0 Å². The second kappa shape index (κ2) is 4.73. The number of hydrazine groups is 1. The minimum Gasteiger partial charge on any atom is -0.275 e. The fourth-order valence-corrected chi connectivity index (χ4v) is 2.41. The standard InChI is InChI=1S/C10H15N5S/c1-7-8(6-15(2)14-7)9(13-11)5-10-12-3-4-16-10/h3-4,6,9,13H,5,11H2,1-2H3. The van der Waals surface area contributed by atoms with Crippen LogP contribution in [0.15, 0.2) is 17.8 Å². The highest BCUT2D eigenvalue weighted by atomic mass is 32.1. The molecule has 5 nitrogen and oxygen atoms in total. The maximum atomic E-state index is 5.59. The summed E-state index contributed by atoms with van der Waals surface area (Å²) in [6.07, 6.45) is 4.60. The van der Waals surface area contributed by atoms with Gasteiger partial charge in [-0.2, -0.15) is 5.10 Å². The van der Waals surface area contributed by atoms with E-state index in [0.29, 0.717) is 0 Å². The fraction of sp³-hybridized carbons (Fsp3) is 0.400. The third-order valence-corrected chi connectivity index (χ3v) is 3.29. The molecule has 16 heavy (non-hydrogen) atoms. The zero-order chi connectivity index (χ0) is 11.5. The number of hydrogen-bond donors (Lipinski definition) is 2. The number of aromatic nitrogens is 3. The maximum absolute atomic E-state index is 5.59. The van der Waals surface area contributed by atoms with Crippen LogP contribution in [-0.4, -0.2) is 14.8 Å². The molecule has 0 amide bonds. The van der Waals surface area contributed by atoms with E-state index in [2.05, 4.69) is 15.5 Å². The molecule has 1 unspecified atom stereocenters. The van der Waals surface area contributed by atoms with E-state index >= 15 is 0 Å². The predicted octanol–water partition coefficient (Wildman–Crippen LogP) is 0.932. The molecule has 0 saturated carbocycles. The Hall–Kier alpha value is -1.24. The van der Waals surface area contributed by atoms with Crippen LogP contribution in [0.2, 0.25) is 0 Å². The van der Waals surface area contributed by atoms with E-state index in [4.69, 9.17) is 5.84 Å². The molecule has 0 saturated heterocycles. The first-order valence-corrected chi connectivity index (χ1v) is 5.93. The number of aryl methyl sites for hydroxylation is 2. The predicted molar refractivity (Wildman–Crippen MR) is 63.8 cm³/mol. The van der Waals surface area contributed by atoms with Crippen molar-refractivity contribution in [2.24, 2.45) is 12.9 Å². The van der Waals surface area contributed by atoms with E-state index in [-0.39, 0.29) is 6.04 Å². The largest absolute Gasteiger partial charge is 0.275 e. The van der Waals surface area contributed by atoms with Crippen LogP contribution >= 0.6 is 11.3 Å². The van der Waals surface area contributed by atoms with Crippen molar-refractivity contribution >= 4 is 11.3 Å². The molecule has 0 fully saturated rings. The van der Waals surface area contributed by atoms with Gasteiger partial charge < -0.3 is 0 Å². The highest BCUT2D eigenvalue weighted by Gasteiger charge is 2.16. The molecule has 6 heteroatoms. The summed E-state index contributed by atoms with van der Waals surface area (Å²) >= 11 is 1.64. The first-order valence-electron chi connectivity index (χ1n) is 5.05. The molecule has 0 aliphatic rings. The van der Waals surface area contributed by atoms with E-state index in [1.54, 1.807) is 16.0 Å². The Morgan fingerprint density at radius 2 is 2.44 bits per heavy atom. The summed E-state index contributed by atoms with van der Waals surface area (Å²) in [6, 6.07) is 0.0693. The molecule has 2 rings (SSSR count). The summed E-state index contributed by atoms with van der Waals surface area (Å²) in [5.41, 5.74) is 4.95. The van der Waals surface area contributed by atoms with Crippen LogP contribution in [0.5, 0.6) is 0 Å². The van der Waals surface area contributed by atoms with Gasteiger partial charge in [0.05, 0.1) is 16.7 Å². The lowest BCUT2D eigenvalue weighted by Crippen LogP contribution is -2.29. The Morgan fingerprint density at radius 3 is 2.94 bits per heavy atom. The Kier molecular flexibility index (Phi) is 3.33. The van der Waals surface area contributed by atoms with Crippen LogP contribution in [0, 0.1) is 6.92 Å². The van der Waals surface area contributed by atoms with Gasteiger partial charge in [-0.15, -0.1) is 11.3 Å². The van der Waals surface area contributed by atoms with Gasteiger partial charge >= 0.3 is 0 Å². The molecule has 0 bridgehead atoms. The zero-order valence-corrected chi connectivity index (χ0v) is 10.2. The molecule has 86 valence electrons. The molecule has 0 aliphatic carbocycles. The molecule has 0 radical (unpaired) electrons. The summed E-state index contributed by atoms with van der Waals surface area (Å²) in [5, 5.41) is 7.36. The average Bonchev–Trinajstić information content (AvgIpc) is 2.85. The van der Waals surface area contributed by atoms with Crippen LogP contribution in [0.3, 0.4) is 0 Å². The van der Waals surface area contributed by atoms with E-state index in [9.17, 15) is 0 Å². The summed E-state index contributed by atoms with van der Waals surface area (Å²) in [5.74, 6) is 5.59. The Balaban J connectivity index is 2.19. The number of nitrogens with zero attached hydrogens (tertiary/aromatic N) is 3. The van der Waals surface area contributed by atoms with Gasteiger partial charge in [-0.05, 0) is 6.92 Å². The first-order chi connectivity index (χ1) is 7.70. The maximum Gasteiger partial charge on any atom is 0.0944 e. The molecule has 2 aromatic heterocycles. The van der Waals surface area contributed by atoms with Crippen molar-refractivity contribution in [1.82, 2.24) is 20.2 Å². The molecule has 0 aliphatic heterocycles. The Labute approximate surface area is 98.3 Å². The van der Waals surface area contributed by atoms with Crippen LogP contribution in [0.1, 0.15) is 22.3 Å². The van der Waals surface area contributed by atoms with Crippen molar-refractivity contribution in [3.8, 4) is 0 Å². The van der Waals surface area contributed by atoms with E-state index < -0.39 is 0 Å². The minimum atomic E-state index is 0.0693. The van der Waals surface area contributed by atoms with Crippen molar-refractivity contribution in [3.63, 3.8) is 0 Å². The lowest BCUT2D eigenvalue weighted by atomic mass is 10.1. The van der Waals surface area contributed by atoms with Crippen LogP contribution < -0.4 is 11.3 Å². The number of nitrogens with two attached hydrogens (primary N) is 1. The molecule has 0 spiro atoms. The Bertz CT molecular complexity index is 448. The number of thiazole rings is 1. The van der Waals surface area contributed by atoms with Gasteiger partial charge in [-0.3, -0.25) is 16.0 Å². The number of rotatable bonds is 4. The SMILES string of the molecule is Cc1nn(C)cc1C(Cc1nccs1)NN. The smallest absolute Gasteiger partial charge is 0.0944 e. The third-order valence-electron chi connectivity index (χ3n) is 2.49. The van der Waals surface area contributed by atoms with Crippen LogP contribution in [-0.2, 0) is 13.5 Å². The normalized spacial score (nSPS) is 12.9. The molecule has 2 aromatic rings. The highest BCUT2D eigenvalue weighted by molar-refractivity contribution is 7.09. The van der Waals surface area contributed by atoms with Crippen LogP contribution in [0.25, 0.3) is 0 Å². The molecular weight excluding hydrogens is 222 g/mol. The molecule has 3 N–H and O–H groups in total. The average molecular weight is 237 g/mol. The molecular formula is C10H15N5S. The first kappa shape index (κ1) is 11.3. The number of nitrogens with one attached hydrogen (secondary N) is 1. The number of hydrogen-bond acceptors (Lipinski definition) is 5.